The van der Waals surface area contributed by atoms with Gasteiger partial charge in [-0.15, -0.1) is 5.10 Å². The van der Waals surface area contributed by atoms with E-state index in [9.17, 15) is 8.78 Å². The highest BCUT2D eigenvalue weighted by molar-refractivity contribution is 6.27. The molecule has 0 amide bonds. The number of alkyl halides is 2. The van der Waals surface area contributed by atoms with Crippen molar-refractivity contribution in [2.75, 3.05) is 0 Å². The second kappa shape index (κ2) is 2.73. The first kappa shape index (κ1) is 8.39. The lowest BCUT2D eigenvalue weighted by Crippen LogP contribution is -2.13. The van der Waals surface area contributed by atoms with Crippen LogP contribution >= 0.6 is 11.6 Å². The Morgan fingerprint density at radius 2 is 2.18 bits per heavy atom. The molecule has 0 radical (unpaired) electrons. The number of rotatable bonds is 2. The molecule has 6 heteroatoms. The zero-order chi connectivity index (χ0) is 8.48. The smallest absolute Gasteiger partial charge is 0.312 e. The van der Waals surface area contributed by atoms with Crippen LogP contribution < -0.4 is 0 Å². The summed E-state index contributed by atoms with van der Waals surface area (Å²) in [5, 5.41) is 6.27. The molecule has 1 heterocycles. The highest BCUT2D eigenvalue weighted by atomic mass is 35.5. The van der Waals surface area contributed by atoms with Gasteiger partial charge in [0.2, 0.25) is 5.89 Å². The molecule has 0 bridgehead atoms. The largest absolute Gasteiger partial charge is 0.412 e. The maximum atomic E-state index is 12.2. The Morgan fingerprint density at radius 1 is 1.55 bits per heavy atom. The lowest BCUT2D eigenvalue weighted by atomic mass is 10.3. The summed E-state index contributed by atoms with van der Waals surface area (Å²) < 4.78 is 29.0. The Balaban J connectivity index is 2.65. The lowest BCUT2D eigenvalue weighted by molar-refractivity contribution is 0.0163. The van der Waals surface area contributed by atoms with Crippen LogP contribution in [0.5, 0.6) is 0 Å². The van der Waals surface area contributed by atoms with Gasteiger partial charge < -0.3 is 4.42 Å². The lowest BCUT2D eigenvalue weighted by Gasteiger charge is -2.04. The molecule has 1 aromatic rings. The van der Waals surface area contributed by atoms with Crippen LogP contribution in [0.3, 0.4) is 0 Å². The fourth-order valence-electron chi connectivity index (χ4n) is 0.570. The first-order valence-electron chi connectivity index (χ1n) is 2.83. The van der Waals surface area contributed by atoms with Gasteiger partial charge in [0, 0.05) is 0 Å². The molecule has 3 nitrogen and oxygen atoms in total. The van der Waals surface area contributed by atoms with Gasteiger partial charge in [-0.3, -0.25) is 0 Å². The van der Waals surface area contributed by atoms with E-state index in [1.807, 2.05) is 0 Å². The van der Waals surface area contributed by atoms with Crippen molar-refractivity contribution in [1.29, 1.82) is 0 Å². The third-order valence-electron chi connectivity index (χ3n) is 0.904. The number of nitrogens with zero attached hydrogens (tertiary/aromatic N) is 2. The maximum Gasteiger partial charge on any atom is 0.312 e. The van der Waals surface area contributed by atoms with Crippen LogP contribution in [-0.4, -0.2) is 16.1 Å². The van der Waals surface area contributed by atoms with Crippen LogP contribution in [0.4, 0.5) is 8.78 Å². The number of hydrogen-bond acceptors (Lipinski definition) is 3. The average molecular weight is 183 g/mol. The van der Waals surface area contributed by atoms with Gasteiger partial charge in [0.1, 0.15) is 0 Å². The molecule has 0 unspecified atom stereocenters. The van der Waals surface area contributed by atoms with Crippen molar-refractivity contribution in [3.8, 4) is 0 Å². The molecule has 0 atom stereocenters. The van der Waals surface area contributed by atoms with E-state index in [0.717, 1.165) is 6.92 Å². The van der Waals surface area contributed by atoms with E-state index in [1.54, 1.807) is 0 Å². The van der Waals surface area contributed by atoms with Crippen molar-refractivity contribution in [3.05, 3.63) is 11.2 Å². The number of aromatic nitrogens is 2. The van der Waals surface area contributed by atoms with E-state index < -0.39 is 12.3 Å². The predicted octanol–water partition coefficient (Wildman–Crippen LogP) is 1.92. The molecule has 11 heavy (non-hydrogen) atoms. The van der Waals surface area contributed by atoms with E-state index >= 15 is 0 Å². The highest BCUT2D eigenvalue weighted by Gasteiger charge is 2.25. The second-order valence-electron chi connectivity index (χ2n) is 2.20. The van der Waals surface area contributed by atoms with Gasteiger partial charge in [-0.2, -0.15) is 0 Å². The molecule has 0 aliphatic carbocycles. The minimum atomic E-state index is -2.84. The summed E-state index contributed by atoms with van der Waals surface area (Å²) in [5.41, 5.74) is 0. The van der Waals surface area contributed by atoms with Crippen LogP contribution in [0.1, 0.15) is 12.8 Å². The highest BCUT2D eigenvalue weighted by Crippen LogP contribution is 2.18. The molecule has 1 aromatic heterocycles. The van der Waals surface area contributed by atoms with Crippen LogP contribution in [0, 0.1) is 0 Å². The Bertz CT molecular complexity index is 245. The molecule has 62 valence electrons. The van der Waals surface area contributed by atoms with E-state index in [0.29, 0.717) is 0 Å². The molecular formula is C5H5ClF2N2O. The van der Waals surface area contributed by atoms with Crippen molar-refractivity contribution in [2.24, 2.45) is 0 Å². The zero-order valence-electron chi connectivity index (χ0n) is 5.64. The Hall–Kier alpha value is -0.710. The number of hydrogen-bond donors (Lipinski definition) is 0. The van der Waals surface area contributed by atoms with Crippen molar-refractivity contribution in [3.63, 3.8) is 0 Å². The van der Waals surface area contributed by atoms with Crippen molar-refractivity contribution >= 4 is 11.6 Å². The minimum absolute atomic E-state index is 0.150. The Labute approximate surface area is 66.4 Å². The summed E-state index contributed by atoms with van der Waals surface area (Å²) in [7, 11) is 0. The van der Waals surface area contributed by atoms with E-state index in [2.05, 4.69) is 14.6 Å². The quantitative estimate of drug-likeness (QED) is 0.702. The van der Waals surface area contributed by atoms with Gasteiger partial charge in [-0.05, 0) is 18.5 Å². The van der Waals surface area contributed by atoms with Crippen LogP contribution in [0.15, 0.2) is 4.42 Å². The molecule has 0 saturated carbocycles. The maximum absolute atomic E-state index is 12.2. The van der Waals surface area contributed by atoms with E-state index in [4.69, 9.17) is 11.6 Å². The molecule has 0 aromatic carbocycles. The Morgan fingerprint density at radius 3 is 2.55 bits per heavy atom. The molecule has 0 aliphatic heterocycles. The van der Waals surface area contributed by atoms with E-state index in [-0.39, 0.29) is 11.2 Å². The van der Waals surface area contributed by atoms with Gasteiger partial charge in [0.05, 0.1) is 6.42 Å². The molecule has 0 spiro atoms. The zero-order valence-corrected chi connectivity index (χ0v) is 6.40. The summed E-state index contributed by atoms with van der Waals surface area (Å²) in [4.78, 5) is 0. The van der Waals surface area contributed by atoms with Gasteiger partial charge >= 0.3 is 5.35 Å². The number of halogens is 3. The van der Waals surface area contributed by atoms with Crippen LogP contribution in [0.2, 0.25) is 5.35 Å². The predicted molar refractivity (Wildman–Crippen MR) is 33.6 cm³/mol. The summed E-state index contributed by atoms with van der Waals surface area (Å²) in [5.74, 6) is -2.99. The minimum Gasteiger partial charge on any atom is -0.412 e. The van der Waals surface area contributed by atoms with Crippen molar-refractivity contribution < 1.29 is 13.2 Å². The van der Waals surface area contributed by atoms with Gasteiger partial charge in [0.15, 0.2) is 0 Å². The topological polar surface area (TPSA) is 38.9 Å². The fourth-order valence-corrected chi connectivity index (χ4v) is 0.697. The monoisotopic (exact) mass is 182 g/mol. The van der Waals surface area contributed by atoms with Gasteiger partial charge in [-0.1, -0.05) is 5.10 Å². The summed E-state index contributed by atoms with van der Waals surface area (Å²) in [6.45, 7) is 0.769. The molecule has 0 aliphatic rings. The van der Waals surface area contributed by atoms with Gasteiger partial charge in [0.25, 0.3) is 5.92 Å². The van der Waals surface area contributed by atoms with Crippen LogP contribution in [-0.2, 0) is 6.42 Å². The second-order valence-corrected chi connectivity index (χ2v) is 2.52. The van der Waals surface area contributed by atoms with Crippen molar-refractivity contribution in [1.82, 2.24) is 10.2 Å². The van der Waals surface area contributed by atoms with E-state index in [1.165, 1.54) is 0 Å². The molecule has 0 N–H and O–H groups in total. The average Bonchev–Trinajstić information content (AvgIpc) is 2.10. The summed E-state index contributed by atoms with van der Waals surface area (Å²) >= 11 is 5.20. The normalized spacial score (nSPS) is 12.0. The Kier molecular flexibility index (Phi) is 2.08. The molecule has 0 saturated heterocycles. The molecule has 0 fully saturated rings. The summed E-state index contributed by atoms with van der Waals surface area (Å²) in [6, 6.07) is 0. The fraction of sp³-hybridized carbons (Fsp3) is 0.600. The SMILES string of the molecule is CC(F)(F)Cc1nnc(Cl)o1. The first-order valence-corrected chi connectivity index (χ1v) is 3.21. The van der Waals surface area contributed by atoms with Crippen LogP contribution in [0.25, 0.3) is 0 Å². The third-order valence-corrected chi connectivity index (χ3v) is 1.06. The summed E-state index contributed by atoms with van der Waals surface area (Å²) in [6.07, 6.45) is -0.577. The molecule has 1 rings (SSSR count). The standard InChI is InChI=1S/C5H5ClF2N2O/c1-5(7,8)2-3-9-10-4(6)11-3/h2H2,1H3. The third kappa shape index (κ3) is 2.80. The van der Waals surface area contributed by atoms with Crippen molar-refractivity contribution in [2.45, 2.75) is 19.3 Å². The molecular weight excluding hydrogens is 178 g/mol. The first-order chi connectivity index (χ1) is 4.97. The van der Waals surface area contributed by atoms with Gasteiger partial charge in [-0.25, -0.2) is 8.78 Å².